The Bertz CT molecular complexity index is 283. The summed E-state index contributed by atoms with van der Waals surface area (Å²) in [6.45, 7) is 6.25. The zero-order chi connectivity index (χ0) is 11.3. The van der Waals surface area contributed by atoms with E-state index in [0.29, 0.717) is 6.04 Å². The summed E-state index contributed by atoms with van der Waals surface area (Å²) in [5.41, 5.74) is 0. The molecule has 4 heteroatoms. The minimum Gasteiger partial charge on any atom is -0.310 e. The van der Waals surface area contributed by atoms with Crippen LogP contribution in [0.4, 0.5) is 0 Å². The molecule has 0 radical (unpaired) electrons. The van der Waals surface area contributed by atoms with Gasteiger partial charge >= 0.3 is 0 Å². The molecule has 0 bridgehead atoms. The van der Waals surface area contributed by atoms with E-state index in [2.05, 4.69) is 36.2 Å². The van der Waals surface area contributed by atoms with Crippen LogP contribution in [0.2, 0.25) is 0 Å². The quantitative estimate of drug-likeness (QED) is 0.804. The van der Waals surface area contributed by atoms with Crippen LogP contribution in [-0.2, 0) is 6.54 Å². The third-order valence-electron chi connectivity index (χ3n) is 2.55. The number of nitrogens with zero attached hydrogens (tertiary/aromatic N) is 2. The third kappa shape index (κ3) is 4.28. The lowest BCUT2D eigenvalue weighted by atomic mass is 10.2. The maximum atomic E-state index is 4.24. The predicted octanol–water partition coefficient (Wildman–Crippen LogP) is 1.88. The molecule has 86 valence electrons. The van der Waals surface area contributed by atoms with Gasteiger partial charge in [0.25, 0.3) is 0 Å². The molecule has 1 aromatic rings. The highest BCUT2D eigenvalue weighted by Gasteiger charge is 2.07. The topological polar surface area (TPSA) is 28.2 Å². The highest BCUT2D eigenvalue weighted by Crippen LogP contribution is 2.10. The SMILES string of the molecule is CCC(CNCc1cnc(C)s1)N(C)C. The Hall–Kier alpha value is -0.450. The Kier molecular flexibility index (Phi) is 5.22. The van der Waals surface area contributed by atoms with Gasteiger partial charge in [-0.2, -0.15) is 0 Å². The number of thiazole rings is 1. The molecule has 1 atom stereocenters. The Morgan fingerprint density at radius 1 is 1.53 bits per heavy atom. The van der Waals surface area contributed by atoms with E-state index in [1.54, 1.807) is 11.3 Å². The van der Waals surface area contributed by atoms with Gasteiger partial charge in [0, 0.05) is 30.2 Å². The molecule has 1 heterocycles. The van der Waals surface area contributed by atoms with E-state index in [0.717, 1.165) is 18.1 Å². The number of rotatable bonds is 6. The normalized spacial score (nSPS) is 13.4. The zero-order valence-corrected chi connectivity index (χ0v) is 10.9. The zero-order valence-electron chi connectivity index (χ0n) is 10.1. The second kappa shape index (κ2) is 6.20. The van der Waals surface area contributed by atoms with Crippen molar-refractivity contribution in [1.29, 1.82) is 0 Å². The van der Waals surface area contributed by atoms with Crippen molar-refractivity contribution in [3.8, 4) is 0 Å². The van der Waals surface area contributed by atoms with Crippen LogP contribution in [0.25, 0.3) is 0 Å². The molecule has 1 aromatic heterocycles. The molecule has 0 aliphatic rings. The van der Waals surface area contributed by atoms with Crippen molar-refractivity contribution < 1.29 is 0 Å². The minimum atomic E-state index is 0.624. The number of aryl methyl sites for hydroxylation is 1. The molecule has 0 saturated carbocycles. The number of hydrogen-bond acceptors (Lipinski definition) is 4. The van der Waals surface area contributed by atoms with Crippen molar-refractivity contribution in [2.24, 2.45) is 0 Å². The van der Waals surface area contributed by atoms with Crippen molar-refractivity contribution in [3.63, 3.8) is 0 Å². The first-order chi connectivity index (χ1) is 7.13. The Morgan fingerprint density at radius 3 is 2.73 bits per heavy atom. The number of aromatic nitrogens is 1. The molecule has 0 fully saturated rings. The summed E-state index contributed by atoms with van der Waals surface area (Å²) in [6, 6.07) is 0.624. The fourth-order valence-electron chi connectivity index (χ4n) is 1.54. The van der Waals surface area contributed by atoms with Crippen LogP contribution in [0.5, 0.6) is 0 Å². The second-order valence-electron chi connectivity index (χ2n) is 4.00. The van der Waals surface area contributed by atoms with E-state index >= 15 is 0 Å². The Morgan fingerprint density at radius 2 is 2.27 bits per heavy atom. The van der Waals surface area contributed by atoms with Crippen LogP contribution in [0, 0.1) is 6.92 Å². The summed E-state index contributed by atoms with van der Waals surface area (Å²) in [7, 11) is 4.26. The fourth-order valence-corrected chi connectivity index (χ4v) is 2.31. The molecule has 1 N–H and O–H groups in total. The lowest BCUT2D eigenvalue weighted by Crippen LogP contribution is -2.36. The van der Waals surface area contributed by atoms with Gasteiger partial charge in [-0.3, -0.25) is 0 Å². The lowest BCUT2D eigenvalue weighted by Gasteiger charge is -2.22. The molecule has 1 unspecified atom stereocenters. The molecule has 0 aromatic carbocycles. The van der Waals surface area contributed by atoms with Crippen molar-refractivity contribution >= 4 is 11.3 Å². The van der Waals surface area contributed by atoms with Crippen molar-refractivity contribution in [2.75, 3.05) is 20.6 Å². The van der Waals surface area contributed by atoms with Crippen molar-refractivity contribution in [1.82, 2.24) is 15.2 Å². The Balaban J connectivity index is 2.26. The molecular formula is C11H21N3S. The molecule has 0 aliphatic heterocycles. The first-order valence-electron chi connectivity index (χ1n) is 5.42. The van der Waals surface area contributed by atoms with Crippen LogP contribution in [0.3, 0.4) is 0 Å². The first-order valence-corrected chi connectivity index (χ1v) is 6.23. The van der Waals surface area contributed by atoms with Crippen LogP contribution < -0.4 is 5.32 Å². The van der Waals surface area contributed by atoms with E-state index in [1.165, 1.54) is 11.3 Å². The average Bonchev–Trinajstić information content (AvgIpc) is 2.58. The summed E-state index contributed by atoms with van der Waals surface area (Å²) < 4.78 is 0. The standard InChI is InChI=1S/C11H21N3S/c1-5-10(14(3)4)6-12-7-11-8-13-9(2)15-11/h8,10,12H,5-7H2,1-4H3. The highest BCUT2D eigenvalue weighted by molar-refractivity contribution is 7.11. The van der Waals surface area contributed by atoms with Gasteiger partial charge < -0.3 is 10.2 Å². The highest BCUT2D eigenvalue weighted by atomic mass is 32.1. The van der Waals surface area contributed by atoms with Crippen molar-refractivity contribution in [2.45, 2.75) is 32.9 Å². The van der Waals surface area contributed by atoms with E-state index in [4.69, 9.17) is 0 Å². The second-order valence-corrected chi connectivity index (χ2v) is 5.32. The maximum absolute atomic E-state index is 4.24. The van der Waals surface area contributed by atoms with Crippen molar-refractivity contribution in [3.05, 3.63) is 16.1 Å². The Labute approximate surface area is 96.5 Å². The van der Waals surface area contributed by atoms with Gasteiger partial charge in [-0.1, -0.05) is 6.92 Å². The summed E-state index contributed by atoms with van der Waals surface area (Å²) in [5, 5.41) is 4.62. The van der Waals surface area contributed by atoms with Gasteiger partial charge in [-0.15, -0.1) is 11.3 Å². The largest absolute Gasteiger partial charge is 0.310 e. The molecule has 3 nitrogen and oxygen atoms in total. The fraction of sp³-hybridized carbons (Fsp3) is 0.727. The number of hydrogen-bond donors (Lipinski definition) is 1. The molecule has 0 saturated heterocycles. The summed E-state index contributed by atoms with van der Waals surface area (Å²) in [6.07, 6.45) is 3.14. The van der Waals surface area contributed by atoms with Crippen LogP contribution in [-0.4, -0.2) is 36.6 Å². The van der Waals surface area contributed by atoms with Gasteiger partial charge in [0.1, 0.15) is 0 Å². The summed E-state index contributed by atoms with van der Waals surface area (Å²) >= 11 is 1.77. The van der Waals surface area contributed by atoms with Gasteiger partial charge in [0.2, 0.25) is 0 Å². The molecule has 1 rings (SSSR count). The number of nitrogens with one attached hydrogen (secondary N) is 1. The number of likely N-dealkylation sites (N-methyl/N-ethyl adjacent to an activating group) is 1. The minimum absolute atomic E-state index is 0.624. The van der Waals surface area contributed by atoms with Gasteiger partial charge in [0.15, 0.2) is 0 Å². The lowest BCUT2D eigenvalue weighted by molar-refractivity contribution is 0.276. The summed E-state index contributed by atoms with van der Waals surface area (Å²) in [4.78, 5) is 7.83. The summed E-state index contributed by atoms with van der Waals surface area (Å²) in [5.74, 6) is 0. The molecule has 0 aliphatic carbocycles. The molecule has 0 amide bonds. The van der Waals surface area contributed by atoms with Crippen LogP contribution >= 0.6 is 11.3 Å². The average molecular weight is 227 g/mol. The van der Waals surface area contributed by atoms with Crippen LogP contribution in [0.15, 0.2) is 6.20 Å². The smallest absolute Gasteiger partial charge is 0.0897 e. The van der Waals surface area contributed by atoms with E-state index < -0.39 is 0 Å². The van der Waals surface area contributed by atoms with E-state index in [1.807, 2.05) is 13.1 Å². The van der Waals surface area contributed by atoms with E-state index in [9.17, 15) is 0 Å². The first kappa shape index (κ1) is 12.6. The van der Waals surface area contributed by atoms with Gasteiger partial charge in [-0.05, 0) is 27.4 Å². The van der Waals surface area contributed by atoms with Gasteiger partial charge in [0.05, 0.1) is 5.01 Å². The molecular weight excluding hydrogens is 206 g/mol. The molecule has 15 heavy (non-hydrogen) atoms. The molecule has 0 spiro atoms. The van der Waals surface area contributed by atoms with Gasteiger partial charge in [-0.25, -0.2) is 4.98 Å². The third-order valence-corrected chi connectivity index (χ3v) is 3.46. The monoisotopic (exact) mass is 227 g/mol. The predicted molar refractivity (Wildman–Crippen MR) is 66.3 cm³/mol. The van der Waals surface area contributed by atoms with E-state index in [-0.39, 0.29) is 0 Å². The van der Waals surface area contributed by atoms with Crippen LogP contribution in [0.1, 0.15) is 23.2 Å². The maximum Gasteiger partial charge on any atom is 0.0897 e.